The van der Waals surface area contributed by atoms with Gasteiger partial charge < -0.3 is 5.32 Å². The lowest BCUT2D eigenvalue weighted by molar-refractivity contribution is 0.166. The predicted molar refractivity (Wildman–Crippen MR) is 69.7 cm³/mol. The molecular formula is C13H22N2S. The lowest BCUT2D eigenvalue weighted by Gasteiger charge is -2.39. The molecule has 1 N–H and O–H groups in total. The van der Waals surface area contributed by atoms with Crippen molar-refractivity contribution >= 4 is 11.3 Å². The zero-order valence-corrected chi connectivity index (χ0v) is 11.4. The Kier molecular flexibility index (Phi) is 3.65. The number of hydrogen-bond acceptors (Lipinski definition) is 3. The summed E-state index contributed by atoms with van der Waals surface area (Å²) in [6.45, 7) is 7.77. The number of aromatic nitrogens is 1. The molecule has 3 heteroatoms. The van der Waals surface area contributed by atoms with Crippen LogP contribution in [0, 0.1) is 12.3 Å². The predicted octanol–water partition coefficient (Wildman–Crippen LogP) is 3.51. The lowest BCUT2D eigenvalue weighted by atomic mass is 9.73. The average molecular weight is 238 g/mol. The standard InChI is InChI=1S/C13H22N2S/c1-10-15-11(9-16-10)8-14-12-6-4-5-7-13(12,2)3/h9,12,14H,4-8H2,1-3H3. The van der Waals surface area contributed by atoms with Gasteiger partial charge in [0.25, 0.3) is 0 Å². The molecule has 0 spiro atoms. The molecule has 2 nitrogen and oxygen atoms in total. The fourth-order valence-corrected chi connectivity index (χ4v) is 3.20. The van der Waals surface area contributed by atoms with Gasteiger partial charge in [0.1, 0.15) is 0 Å². The highest BCUT2D eigenvalue weighted by molar-refractivity contribution is 7.09. The van der Waals surface area contributed by atoms with Crippen LogP contribution in [-0.4, -0.2) is 11.0 Å². The molecule has 90 valence electrons. The van der Waals surface area contributed by atoms with Crippen molar-refractivity contribution in [2.24, 2.45) is 5.41 Å². The van der Waals surface area contributed by atoms with Crippen molar-refractivity contribution in [2.75, 3.05) is 0 Å². The van der Waals surface area contributed by atoms with Crippen molar-refractivity contribution < 1.29 is 0 Å². The average Bonchev–Trinajstić information content (AvgIpc) is 2.62. The molecule has 0 aliphatic heterocycles. The summed E-state index contributed by atoms with van der Waals surface area (Å²) in [6, 6.07) is 0.656. The number of thiazole rings is 1. The molecule has 1 unspecified atom stereocenters. The summed E-state index contributed by atoms with van der Waals surface area (Å²) in [6.07, 6.45) is 5.43. The highest BCUT2D eigenvalue weighted by atomic mass is 32.1. The minimum Gasteiger partial charge on any atom is -0.308 e. The third kappa shape index (κ3) is 2.83. The van der Waals surface area contributed by atoms with E-state index >= 15 is 0 Å². The molecule has 0 bridgehead atoms. The van der Waals surface area contributed by atoms with Crippen LogP contribution >= 0.6 is 11.3 Å². The number of nitrogens with one attached hydrogen (secondary N) is 1. The van der Waals surface area contributed by atoms with Crippen molar-refractivity contribution in [1.82, 2.24) is 10.3 Å². The molecular weight excluding hydrogens is 216 g/mol. The van der Waals surface area contributed by atoms with Gasteiger partial charge in [-0.1, -0.05) is 26.7 Å². The van der Waals surface area contributed by atoms with E-state index in [1.54, 1.807) is 11.3 Å². The van der Waals surface area contributed by atoms with Gasteiger partial charge in [0, 0.05) is 18.0 Å². The molecule has 1 saturated carbocycles. The molecule has 1 aliphatic rings. The maximum Gasteiger partial charge on any atom is 0.0897 e. The van der Waals surface area contributed by atoms with Crippen molar-refractivity contribution in [3.63, 3.8) is 0 Å². The molecule has 0 radical (unpaired) electrons. The molecule has 1 aromatic heterocycles. The Morgan fingerprint density at radius 3 is 2.94 bits per heavy atom. The van der Waals surface area contributed by atoms with E-state index in [0.29, 0.717) is 11.5 Å². The van der Waals surface area contributed by atoms with E-state index in [1.807, 2.05) is 0 Å². The van der Waals surface area contributed by atoms with E-state index in [-0.39, 0.29) is 0 Å². The summed E-state index contributed by atoms with van der Waals surface area (Å²) in [5.74, 6) is 0. The first kappa shape index (κ1) is 12.1. The molecule has 1 aromatic rings. The molecule has 2 rings (SSSR count). The Morgan fingerprint density at radius 1 is 1.50 bits per heavy atom. The van der Waals surface area contributed by atoms with Crippen LogP contribution in [0.4, 0.5) is 0 Å². The fraction of sp³-hybridized carbons (Fsp3) is 0.769. The van der Waals surface area contributed by atoms with E-state index in [4.69, 9.17) is 0 Å². The van der Waals surface area contributed by atoms with Crippen LogP contribution < -0.4 is 5.32 Å². The Hall–Kier alpha value is -0.410. The van der Waals surface area contributed by atoms with Crippen molar-refractivity contribution in [3.05, 3.63) is 16.1 Å². The molecule has 1 aliphatic carbocycles. The summed E-state index contributed by atoms with van der Waals surface area (Å²) >= 11 is 1.74. The molecule has 16 heavy (non-hydrogen) atoms. The Labute approximate surface area is 102 Å². The van der Waals surface area contributed by atoms with E-state index in [0.717, 1.165) is 6.54 Å². The van der Waals surface area contributed by atoms with Gasteiger partial charge in [-0.15, -0.1) is 11.3 Å². The first-order valence-electron chi connectivity index (χ1n) is 6.22. The molecule has 0 aromatic carbocycles. The van der Waals surface area contributed by atoms with E-state index in [2.05, 4.69) is 36.5 Å². The van der Waals surface area contributed by atoms with Crippen LogP contribution in [0.15, 0.2) is 5.38 Å². The number of nitrogens with zero attached hydrogens (tertiary/aromatic N) is 1. The Bertz CT molecular complexity index is 343. The molecule has 0 amide bonds. The maximum atomic E-state index is 4.50. The largest absolute Gasteiger partial charge is 0.308 e. The van der Waals surface area contributed by atoms with Crippen LogP contribution in [0.5, 0.6) is 0 Å². The van der Waals surface area contributed by atoms with Gasteiger partial charge in [0.15, 0.2) is 0 Å². The van der Waals surface area contributed by atoms with Gasteiger partial charge in [0.05, 0.1) is 10.7 Å². The fourth-order valence-electron chi connectivity index (χ4n) is 2.59. The summed E-state index contributed by atoms with van der Waals surface area (Å²) in [7, 11) is 0. The maximum absolute atomic E-state index is 4.50. The third-order valence-corrected chi connectivity index (χ3v) is 4.53. The minimum absolute atomic E-state index is 0.448. The summed E-state index contributed by atoms with van der Waals surface area (Å²) in [5.41, 5.74) is 1.65. The highest BCUT2D eigenvalue weighted by Crippen LogP contribution is 2.35. The van der Waals surface area contributed by atoms with Gasteiger partial charge in [-0.25, -0.2) is 4.98 Å². The van der Waals surface area contributed by atoms with E-state index in [9.17, 15) is 0 Å². The van der Waals surface area contributed by atoms with Crippen molar-refractivity contribution in [3.8, 4) is 0 Å². The number of aryl methyl sites for hydroxylation is 1. The number of hydrogen-bond donors (Lipinski definition) is 1. The first-order chi connectivity index (χ1) is 7.58. The first-order valence-corrected chi connectivity index (χ1v) is 7.10. The third-order valence-electron chi connectivity index (χ3n) is 3.70. The van der Waals surface area contributed by atoms with Gasteiger partial charge in [-0.2, -0.15) is 0 Å². The van der Waals surface area contributed by atoms with Crippen LogP contribution in [0.3, 0.4) is 0 Å². The summed E-state index contributed by atoms with van der Waals surface area (Å²) in [4.78, 5) is 4.50. The SMILES string of the molecule is Cc1nc(CNC2CCCCC2(C)C)cs1. The zero-order chi connectivity index (χ0) is 11.6. The van der Waals surface area contributed by atoms with Gasteiger partial charge in [0.2, 0.25) is 0 Å². The molecule has 1 atom stereocenters. The minimum atomic E-state index is 0.448. The van der Waals surface area contributed by atoms with E-state index < -0.39 is 0 Å². The van der Waals surface area contributed by atoms with Crippen molar-refractivity contribution in [1.29, 1.82) is 0 Å². The van der Waals surface area contributed by atoms with Crippen LogP contribution in [0.25, 0.3) is 0 Å². The van der Waals surface area contributed by atoms with Crippen LogP contribution in [-0.2, 0) is 6.54 Å². The second-order valence-electron chi connectivity index (χ2n) is 5.53. The Balaban J connectivity index is 1.89. The second-order valence-corrected chi connectivity index (χ2v) is 6.59. The summed E-state index contributed by atoms with van der Waals surface area (Å²) in [5, 5.41) is 7.02. The van der Waals surface area contributed by atoms with Gasteiger partial charge in [-0.3, -0.25) is 0 Å². The molecule has 1 heterocycles. The normalized spacial score (nSPS) is 24.6. The van der Waals surface area contributed by atoms with E-state index in [1.165, 1.54) is 36.4 Å². The molecule has 0 saturated heterocycles. The van der Waals surface area contributed by atoms with Crippen molar-refractivity contribution in [2.45, 2.75) is 59.0 Å². The smallest absolute Gasteiger partial charge is 0.0897 e. The van der Waals surface area contributed by atoms with Gasteiger partial charge >= 0.3 is 0 Å². The molecule has 1 fully saturated rings. The Morgan fingerprint density at radius 2 is 2.31 bits per heavy atom. The van der Waals surface area contributed by atoms with Crippen LogP contribution in [0.1, 0.15) is 50.2 Å². The number of rotatable bonds is 3. The highest BCUT2D eigenvalue weighted by Gasteiger charge is 2.31. The topological polar surface area (TPSA) is 24.9 Å². The second kappa shape index (κ2) is 4.84. The van der Waals surface area contributed by atoms with Crippen LogP contribution in [0.2, 0.25) is 0 Å². The summed E-state index contributed by atoms with van der Waals surface area (Å²) < 4.78 is 0. The quantitative estimate of drug-likeness (QED) is 0.871. The monoisotopic (exact) mass is 238 g/mol. The lowest BCUT2D eigenvalue weighted by Crippen LogP contribution is -2.43. The zero-order valence-electron chi connectivity index (χ0n) is 10.5. The van der Waals surface area contributed by atoms with Gasteiger partial charge in [-0.05, 0) is 25.2 Å².